The molecule has 0 aliphatic carbocycles. The Balaban J connectivity index is 1.41. The maximum absolute atomic E-state index is 12.6. The molecule has 2 aliphatic rings. The zero-order chi connectivity index (χ0) is 17.2. The molecule has 1 aromatic heterocycles. The average molecular weight is 342 g/mol. The molecule has 0 spiro atoms. The normalized spacial score (nSPS) is 23.1. The summed E-state index contributed by atoms with van der Waals surface area (Å²) >= 11 is 0. The van der Waals surface area contributed by atoms with Crippen LogP contribution in [0, 0.1) is 6.92 Å². The molecule has 1 fully saturated rings. The molecule has 1 N–H and O–H groups in total. The van der Waals surface area contributed by atoms with Crippen LogP contribution in [0.15, 0.2) is 28.8 Å². The van der Waals surface area contributed by atoms with Gasteiger partial charge in [-0.05, 0) is 25.5 Å². The van der Waals surface area contributed by atoms with Gasteiger partial charge in [-0.15, -0.1) is 0 Å². The number of likely N-dealkylation sites (tertiary alicyclic amines) is 1. The second-order valence-electron chi connectivity index (χ2n) is 6.60. The van der Waals surface area contributed by atoms with Gasteiger partial charge in [0.15, 0.2) is 5.82 Å². The molecule has 25 heavy (non-hydrogen) atoms. The fraction of sp³-hybridized carbons (Fsp3) is 0.500. The molecule has 7 heteroatoms. The molecule has 1 aromatic carbocycles. The van der Waals surface area contributed by atoms with Gasteiger partial charge in [0.25, 0.3) is 0 Å². The Hall–Kier alpha value is -2.41. The van der Waals surface area contributed by atoms with Crippen molar-refractivity contribution in [2.75, 3.05) is 19.7 Å². The highest BCUT2D eigenvalue weighted by molar-refractivity contribution is 5.78. The lowest BCUT2D eigenvalue weighted by Crippen LogP contribution is -2.40. The first-order valence-electron chi connectivity index (χ1n) is 8.76. The molecule has 4 rings (SSSR count). The van der Waals surface area contributed by atoms with Crippen LogP contribution in [0.2, 0.25) is 0 Å². The Kier molecular flexibility index (Phi) is 4.40. The van der Waals surface area contributed by atoms with Gasteiger partial charge in [-0.3, -0.25) is 9.69 Å². The zero-order valence-electron chi connectivity index (χ0n) is 14.3. The first kappa shape index (κ1) is 16.1. The molecule has 1 saturated heterocycles. The van der Waals surface area contributed by atoms with E-state index in [2.05, 4.69) is 20.4 Å². The van der Waals surface area contributed by atoms with Crippen LogP contribution in [0.3, 0.4) is 0 Å². The van der Waals surface area contributed by atoms with Crippen LogP contribution in [-0.2, 0) is 4.79 Å². The van der Waals surface area contributed by atoms with Crippen LogP contribution in [0.4, 0.5) is 0 Å². The predicted octanol–water partition coefficient (Wildman–Crippen LogP) is 2.15. The third-order valence-corrected chi connectivity index (χ3v) is 4.85. The Morgan fingerprint density at radius 2 is 2.24 bits per heavy atom. The number of aromatic nitrogens is 2. The van der Waals surface area contributed by atoms with Crippen molar-refractivity contribution in [3.05, 3.63) is 41.5 Å². The van der Waals surface area contributed by atoms with Gasteiger partial charge in [0.2, 0.25) is 11.8 Å². The molecular weight excluding hydrogens is 320 g/mol. The summed E-state index contributed by atoms with van der Waals surface area (Å²) in [5.41, 5.74) is 1.05. The minimum absolute atomic E-state index is 0.00548. The van der Waals surface area contributed by atoms with Crippen molar-refractivity contribution in [3.8, 4) is 5.75 Å². The van der Waals surface area contributed by atoms with Crippen molar-refractivity contribution in [1.82, 2.24) is 20.4 Å². The molecule has 7 nitrogen and oxygen atoms in total. The standard InChI is InChI=1S/C18H22N4O3/c1-12-19-18(21-25-12)15-6-4-9-22(15)11-17(23)20-14-8-10-24-16-7-3-2-5-13(14)16/h2-3,5,7,14-15H,4,6,8-11H2,1H3,(H,20,23)/t14-,15-/m0/s1. The van der Waals surface area contributed by atoms with Gasteiger partial charge < -0.3 is 14.6 Å². The number of hydrogen-bond donors (Lipinski definition) is 1. The quantitative estimate of drug-likeness (QED) is 0.917. The van der Waals surface area contributed by atoms with E-state index in [4.69, 9.17) is 9.26 Å². The van der Waals surface area contributed by atoms with Crippen molar-refractivity contribution >= 4 is 5.91 Å². The lowest BCUT2D eigenvalue weighted by molar-refractivity contribution is -0.123. The number of fused-ring (bicyclic) bond motifs is 1. The molecule has 0 radical (unpaired) electrons. The van der Waals surface area contributed by atoms with Crippen LogP contribution in [0.25, 0.3) is 0 Å². The summed E-state index contributed by atoms with van der Waals surface area (Å²) in [6.07, 6.45) is 2.77. The van der Waals surface area contributed by atoms with Crippen molar-refractivity contribution in [1.29, 1.82) is 0 Å². The summed E-state index contributed by atoms with van der Waals surface area (Å²) in [4.78, 5) is 19.1. The zero-order valence-corrected chi connectivity index (χ0v) is 14.3. The largest absolute Gasteiger partial charge is 0.493 e. The predicted molar refractivity (Wildman–Crippen MR) is 90.0 cm³/mol. The fourth-order valence-electron chi connectivity index (χ4n) is 3.67. The van der Waals surface area contributed by atoms with E-state index in [9.17, 15) is 4.79 Å². The highest BCUT2D eigenvalue weighted by Crippen LogP contribution is 2.32. The van der Waals surface area contributed by atoms with Gasteiger partial charge in [0, 0.05) is 18.9 Å². The smallest absolute Gasteiger partial charge is 0.234 e. The topological polar surface area (TPSA) is 80.5 Å². The molecule has 0 unspecified atom stereocenters. The van der Waals surface area contributed by atoms with E-state index in [0.717, 1.165) is 37.1 Å². The summed E-state index contributed by atoms with van der Waals surface area (Å²) in [6.45, 7) is 3.62. The van der Waals surface area contributed by atoms with Crippen molar-refractivity contribution in [2.45, 2.75) is 38.3 Å². The minimum atomic E-state index is 0.00548. The summed E-state index contributed by atoms with van der Waals surface area (Å²) in [5.74, 6) is 2.12. The van der Waals surface area contributed by atoms with Crippen LogP contribution >= 0.6 is 0 Å². The highest BCUT2D eigenvalue weighted by atomic mass is 16.5. The monoisotopic (exact) mass is 342 g/mol. The van der Waals surface area contributed by atoms with Gasteiger partial charge >= 0.3 is 0 Å². The molecule has 0 bridgehead atoms. The third kappa shape index (κ3) is 3.37. The van der Waals surface area contributed by atoms with Crippen LogP contribution in [-0.4, -0.2) is 40.6 Å². The van der Waals surface area contributed by atoms with E-state index in [1.165, 1.54) is 0 Å². The molecule has 2 aliphatic heterocycles. The van der Waals surface area contributed by atoms with Gasteiger partial charge in [-0.2, -0.15) is 4.98 Å². The number of amides is 1. The number of carbonyl (C=O) groups is 1. The Morgan fingerprint density at radius 3 is 3.08 bits per heavy atom. The Labute approximate surface area is 146 Å². The second-order valence-corrected chi connectivity index (χ2v) is 6.60. The highest BCUT2D eigenvalue weighted by Gasteiger charge is 2.32. The van der Waals surface area contributed by atoms with E-state index in [0.29, 0.717) is 24.9 Å². The maximum Gasteiger partial charge on any atom is 0.234 e. The lowest BCUT2D eigenvalue weighted by atomic mass is 10.0. The van der Waals surface area contributed by atoms with Gasteiger partial charge in [0.05, 0.1) is 25.2 Å². The van der Waals surface area contributed by atoms with Crippen molar-refractivity contribution in [3.63, 3.8) is 0 Å². The average Bonchev–Trinajstić information content (AvgIpc) is 3.24. The number of rotatable bonds is 4. The number of benzene rings is 1. The number of nitrogens with one attached hydrogen (secondary N) is 1. The molecule has 2 aromatic rings. The van der Waals surface area contributed by atoms with E-state index >= 15 is 0 Å². The number of nitrogens with zero attached hydrogens (tertiary/aromatic N) is 3. The molecule has 2 atom stereocenters. The van der Waals surface area contributed by atoms with Gasteiger partial charge in [-0.25, -0.2) is 0 Å². The SMILES string of the molecule is Cc1nc([C@@H]2CCCN2CC(=O)N[C@H]2CCOc3ccccc32)no1. The third-order valence-electron chi connectivity index (χ3n) is 4.85. The number of hydrogen-bond acceptors (Lipinski definition) is 6. The lowest BCUT2D eigenvalue weighted by Gasteiger charge is -2.28. The Bertz CT molecular complexity index is 760. The molecule has 3 heterocycles. The summed E-state index contributed by atoms with van der Waals surface area (Å²) < 4.78 is 10.7. The second kappa shape index (κ2) is 6.84. The van der Waals surface area contributed by atoms with E-state index in [1.807, 2.05) is 24.3 Å². The van der Waals surface area contributed by atoms with Crippen LogP contribution in [0.1, 0.15) is 48.6 Å². The minimum Gasteiger partial charge on any atom is -0.493 e. The summed E-state index contributed by atoms with van der Waals surface area (Å²) in [7, 11) is 0. The number of para-hydroxylation sites is 1. The maximum atomic E-state index is 12.6. The Morgan fingerprint density at radius 1 is 1.36 bits per heavy atom. The van der Waals surface area contributed by atoms with E-state index in [-0.39, 0.29) is 18.0 Å². The van der Waals surface area contributed by atoms with Gasteiger partial charge in [0.1, 0.15) is 5.75 Å². The molecule has 1 amide bonds. The van der Waals surface area contributed by atoms with Crippen LogP contribution < -0.4 is 10.1 Å². The van der Waals surface area contributed by atoms with Crippen molar-refractivity contribution < 1.29 is 14.1 Å². The van der Waals surface area contributed by atoms with Gasteiger partial charge in [-0.1, -0.05) is 23.4 Å². The first-order chi connectivity index (χ1) is 12.2. The number of ether oxygens (including phenoxy) is 1. The van der Waals surface area contributed by atoms with E-state index < -0.39 is 0 Å². The van der Waals surface area contributed by atoms with E-state index in [1.54, 1.807) is 6.92 Å². The van der Waals surface area contributed by atoms with Crippen molar-refractivity contribution in [2.24, 2.45) is 0 Å². The first-order valence-corrected chi connectivity index (χ1v) is 8.76. The number of carbonyl (C=O) groups excluding carboxylic acids is 1. The number of aryl methyl sites for hydroxylation is 1. The fourth-order valence-corrected chi connectivity index (χ4v) is 3.67. The summed E-state index contributed by atoms with van der Waals surface area (Å²) in [5, 5.41) is 7.18. The molecular formula is C18H22N4O3. The van der Waals surface area contributed by atoms with Crippen LogP contribution in [0.5, 0.6) is 5.75 Å². The molecule has 0 saturated carbocycles. The molecule has 132 valence electrons. The summed E-state index contributed by atoms with van der Waals surface area (Å²) in [6, 6.07) is 7.95.